The predicted molar refractivity (Wildman–Crippen MR) is 82.6 cm³/mol. The van der Waals surface area contributed by atoms with E-state index in [0.29, 0.717) is 18.7 Å². The third-order valence-electron chi connectivity index (χ3n) is 3.09. The van der Waals surface area contributed by atoms with Gasteiger partial charge < -0.3 is 16.4 Å². The van der Waals surface area contributed by atoms with Crippen molar-refractivity contribution in [3.05, 3.63) is 30.6 Å². The van der Waals surface area contributed by atoms with Crippen molar-refractivity contribution in [3.63, 3.8) is 0 Å². The van der Waals surface area contributed by atoms with Gasteiger partial charge in [-0.15, -0.1) is 0 Å². The molecule has 1 aromatic heterocycles. The van der Waals surface area contributed by atoms with E-state index in [-0.39, 0.29) is 5.91 Å². The number of rotatable bonds is 6. The SMILES string of the molecule is CCCNC(=O)CCNc1ccc(N)c2cnccc12. The van der Waals surface area contributed by atoms with Crippen LogP contribution in [0.1, 0.15) is 19.8 Å². The third kappa shape index (κ3) is 3.38. The maximum atomic E-state index is 11.5. The second-order valence-electron chi connectivity index (χ2n) is 4.65. The van der Waals surface area contributed by atoms with E-state index in [1.807, 2.05) is 25.1 Å². The van der Waals surface area contributed by atoms with Gasteiger partial charge in [0.1, 0.15) is 0 Å². The lowest BCUT2D eigenvalue weighted by Gasteiger charge is -2.11. The molecule has 0 saturated heterocycles. The molecule has 0 radical (unpaired) electrons. The maximum Gasteiger partial charge on any atom is 0.221 e. The molecule has 1 amide bonds. The van der Waals surface area contributed by atoms with Gasteiger partial charge in [-0.3, -0.25) is 9.78 Å². The van der Waals surface area contributed by atoms with Crippen LogP contribution in [-0.2, 0) is 4.79 Å². The van der Waals surface area contributed by atoms with E-state index in [2.05, 4.69) is 15.6 Å². The Bertz CT molecular complexity index is 597. The lowest BCUT2D eigenvalue weighted by molar-refractivity contribution is -0.120. The molecular weight excluding hydrogens is 252 g/mol. The maximum absolute atomic E-state index is 11.5. The molecule has 5 heteroatoms. The van der Waals surface area contributed by atoms with Crippen LogP contribution in [-0.4, -0.2) is 24.0 Å². The number of nitrogens with two attached hydrogens (primary N) is 1. The first-order valence-corrected chi connectivity index (χ1v) is 6.85. The first kappa shape index (κ1) is 14.1. The van der Waals surface area contributed by atoms with Gasteiger partial charge in [0.05, 0.1) is 0 Å². The number of aromatic nitrogens is 1. The normalized spacial score (nSPS) is 10.4. The Morgan fingerprint density at radius 1 is 1.25 bits per heavy atom. The van der Waals surface area contributed by atoms with Gasteiger partial charge in [0.15, 0.2) is 0 Å². The van der Waals surface area contributed by atoms with E-state index in [9.17, 15) is 4.79 Å². The van der Waals surface area contributed by atoms with Crippen LogP contribution in [0.25, 0.3) is 10.8 Å². The molecule has 1 heterocycles. The summed E-state index contributed by atoms with van der Waals surface area (Å²) in [7, 11) is 0. The van der Waals surface area contributed by atoms with Gasteiger partial charge in [0.2, 0.25) is 5.91 Å². The average molecular weight is 272 g/mol. The molecule has 0 aliphatic heterocycles. The topological polar surface area (TPSA) is 80.0 Å². The molecule has 0 unspecified atom stereocenters. The molecule has 4 N–H and O–H groups in total. The summed E-state index contributed by atoms with van der Waals surface area (Å²) in [5, 5.41) is 8.08. The molecule has 0 aliphatic rings. The van der Waals surface area contributed by atoms with Crippen LogP contribution >= 0.6 is 0 Å². The van der Waals surface area contributed by atoms with Gasteiger partial charge >= 0.3 is 0 Å². The summed E-state index contributed by atoms with van der Waals surface area (Å²) in [6.07, 6.45) is 4.90. The fraction of sp³-hybridized carbons (Fsp3) is 0.333. The summed E-state index contributed by atoms with van der Waals surface area (Å²) in [5.41, 5.74) is 7.60. The van der Waals surface area contributed by atoms with E-state index in [0.717, 1.165) is 29.4 Å². The molecule has 5 nitrogen and oxygen atoms in total. The molecule has 0 atom stereocenters. The highest BCUT2D eigenvalue weighted by Crippen LogP contribution is 2.27. The van der Waals surface area contributed by atoms with Crippen LogP contribution in [0.4, 0.5) is 11.4 Å². The van der Waals surface area contributed by atoms with Crippen molar-refractivity contribution in [1.29, 1.82) is 0 Å². The number of hydrogen-bond acceptors (Lipinski definition) is 4. The summed E-state index contributed by atoms with van der Waals surface area (Å²) >= 11 is 0. The van der Waals surface area contributed by atoms with Gasteiger partial charge in [-0.25, -0.2) is 0 Å². The van der Waals surface area contributed by atoms with Crippen LogP contribution in [0.3, 0.4) is 0 Å². The van der Waals surface area contributed by atoms with Crippen molar-refractivity contribution in [3.8, 4) is 0 Å². The molecule has 1 aromatic carbocycles. The van der Waals surface area contributed by atoms with Crippen molar-refractivity contribution in [2.45, 2.75) is 19.8 Å². The van der Waals surface area contributed by atoms with Crippen molar-refractivity contribution in [2.24, 2.45) is 0 Å². The Labute approximate surface area is 118 Å². The minimum Gasteiger partial charge on any atom is -0.398 e. The van der Waals surface area contributed by atoms with Crippen LogP contribution < -0.4 is 16.4 Å². The molecule has 0 bridgehead atoms. The summed E-state index contributed by atoms with van der Waals surface area (Å²) < 4.78 is 0. The minimum absolute atomic E-state index is 0.0702. The van der Waals surface area contributed by atoms with Gasteiger partial charge in [0.25, 0.3) is 0 Å². The Hall–Kier alpha value is -2.30. The average Bonchev–Trinajstić information content (AvgIpc) is 2.48. The zero-order valence-electron chi connectivity index (χ0n) is 11.6. The van der Waals surface area contributed by atoms with Gasteiger partial charge in [-0.05, 0) is 24.6 Å². The number of amides is 1. The van der Waals surface area contributed by atoms with E-state index < -0.39 is 0 Å². The van der Waals surface area contributed by atoms with E-state index in [1.165, 1.54) is 0 Å². The van der Waals surface area contributed by atoms with Crippen molar-refractivity contribution < 1.29 is 4.79 Å². The number of pyridine rings is 1. The highest BCUT2D eigenvalue weighted by atomic mass is 16.1. The smallest absolute Gasteiger partial charge is 0.221 e. The fourth-order valence-corrected chi connectivity index (χ4v) is 2.03. The van der Waals surface area contributed by atoms with Crippen molar-refractivity contribution >= 4 is 28.1 Å². The zero-order valence-corrected chi connectivity index (χ0v) is 11.6. The molecule has 20 heavy (non-hydrogen) atoms. The molecule has 0 saturated carbocycles. The summed E-state index contributed by atoms with van der Waals surface area (Å²) in [4.78, 5) is 15.6. The van der Waals surface area contributed by atoms with E-state index >= 15 is 0 Å². The van der Waals surface area contributed by atoms with Gasteiger partial charge in [0, 0.05) is 54.1 Å². The quantitative estimate of drug-likeness (QED) is 0.704. The number of carbonyl (C=O) groups is 1. The number of fused-ring (bicyclic) bond motifs is 1. The summed E-state index contributed by atoms with van der Waals surface area (Å²) in [6.45, 7) is 3.36. The van der Waals surface area contributed by atoms with E-state index in [1.54, 1.807) is 12.4 Å². The molecule has 2 aromatic rings. The van der Waals surface area contributed by atoms with Crippen molar-refractivity contribution in [1.82, 2.24) is 10.3 Å². The molecule has 0 fully saturated rings. The Morgan fingerprint density at radius 3 is 2.90 bits per heavy atom. The van der Waals surface area contributed by atoms with Gasteiger partial charge in [-0.2, -0.15) is 0 Å². The Balaban J connectivity index is 2.00. The van der Waals surface area contributed by atoms with Gasteiger partial charge in [-0.1, -0.05) is 6.92 Å². The lowest BCUT2D eigenvalue weighted by Crippen LogP contribution is -2.25. The number of anilines is 2. The Morgan fingerprint density at radius 2 is 2.10 bits per heavy atom. The Kier molecular flexibility index (Phi) is 4.76. The molecule has 2 rings (SSSR count). The summed E-state index contributed by atoms with van der Waals surface area (Å²) in [6, 6.07) is 5.70. The zero-order chi connectivity index (χ0) is 14.4. The second-order valence-corrected chi connectivity index (χ2v) is 4.65. The minimum atomic E-state index is 0.0702. The van der Waals surface area contributed by atoms with E-state index in [4.69, 9.17) is 5.73 Å². The standard InChI is InChI=1S/C15H20N4O/c1-2-7-19-15(20)6-9-18-14-4-3-13(16)12-10-17-8-5-11(12)14/h3-5,8,10,18H,2,6-7,9,16H2,1H3,(H,19,20). The van der Waals surface area contributed by atoms with Crippen LogP contribution in [0.15, 0.2) is 30.6 Å². The first-order valence-electron chi connectivity index (χ1n) is 6.85. The molecular formula is C15H20N4O. The van der Waals surface area contributed by atoms with Crippen LogP contribution in [0.5, 0.6) is 0 Å². The number of nitrogen functional groups attached to an aromatic ring is 1. The predicted octanol–water partition coefficient (Wildman–Crippen LogP) is 2.15. The van der Waals surface area contributed by atoms with Crippen LogP contribution in [0.2, 0.25) is 0 Å². The highest BCUT2D eigenvalue weighted by molar-refractivity contribution is 6.00. The summed E-state index contributed by atoms with van der Waals surface area (Å²) in [5.74, 6) is 0.0702. The van der Waals surface area contributed by atoms with Crippen molar-refractivity contribution in [2.75, 3.05) is 24.1 Å². The number of nitrogens with one attached hydrogen (secondary N) is 2. The highest BCUT2D eigenvalue weighted by Gasteiger charge is 2.05. The number of hydrogen-bond donors (Lipinski definition) is 3. The molecule has 0 spiro atoms. The number of carbonyl (C=O) groups excluding carboxylic acids is 1. The third-order valence-corrected chi connectivity index (χ3v) is 3.09. The fourth-order valence-electron chi connectivity index (χ4n) is 2.03. The second kappa shape index (κ2) is 6.75. The number of benzene rings is 1. The molecule has 0 aliphatic carbocycles. The van der Waals surface area contributed by atoms with Crippen LogP contribution in [0, 0.1) is 0 Å². The first-order chi connectivity index (χ1) is 9.72. The largest absolute Gasteiger partial charge is 0.398 e. The lowest BCUT2D eigenvalue weighted by atomic mass is 10.1. The molecule has 106 valence electrons. The monoisotopic (exact) mass is 272 g/mol. The number of nitrogens with zero attached hydrogens (tertiary/aromatic N) is 1.